The van der Waals surface area contributed by atoms with Crippen molar-refractivity contribution in [3.63, 3.8) is 0 Å². The van der Waals surface area contributed by atoms with Crippen molar-refractivity contribution in [3.8, 4) is 0 Å². The lowest BCUT2D eigenvalue weighted by molar-refractivity contribution is 0.0803. The van der Waals surface area contributed by atoms with E-state index in [1.54, 1.807) is 0 Å². The fourth-order valence-electron chi connectivity index (χ4n) is 1.46. The molecule has 2 nitrogen and oxygen atoms in total. The Morgan fingerprint density at radius 1 is 1.77 bits per heavy atom. The molecule has 0 fully saturated rings. The van der Waals surface area contributed by atoms with Crippen LogP contribution in [-0.4, -0.2) is 19.3 Å². The number of rotatable bonds is 2. The maximum absolute atomic E-state index is 5.57. The molecule has 1 rings (SSSR count). The summed E-state index contributed by atoms with van der Waals surface area (Å²) in [5.41, 5.74) is 8.15. The van der Waals surface area contributed by atoms with Crippen molar-refractivity contribution in [2.24, 2.45) is 5.73 Å². The number of nitrogens with two attached hydrogens (primary N) is 1. The van der Waals surface area contributed by atoms with E-state index in [0.717, 1.165) is 17.9 Å². The highest BCUT2D eigenvalue weighted by atomic mass is 32.1. The van der Waals surface area contributed by atoms with Gasteiger partial charge < -0.3 is 10.5 Å². The first-order valence-electron chi connectivity index (χ1n) is 4.57. The summed E-state index contributed by atoms with van der Waals surface area (Å²) in [6, 6.07) is 0. The van der Waals surface area contributed by atoms with Gasteiger partial charge >= 0.3 is 0 Å². The average Bonchev–Trinajstić information content (AvgIpc) is 2.17. The van der Waals surface area contributed by atoms with Crippen molar-refractivity contribution in [1.82, 2.24) is 0 Å². The Kier molecular flexibility index (Phi) is 4.03. The van der Waals surface area contributed by atoms with Crippen LogP contribution in [0.1, 0.15) is 20.3 Å². The number of allylic oxidation sites excluding steroid dienone is 2. The fraction of sp³-hybridized carbons (Fsp3) is 0.600. The molecule has 74 valence electrons. The molecule has 1 heterocycles. The minimum Gasteiger partial charge on any atom is -0.371 e. The van der Waals surface area contributed by atoms with Gasteiger partial charge in [-0.05, 0) is 25.8 Å². The molecule has 0 aromatic carbocycles. The molecule has 0 saturated carbocycles. The predicted molar refractivity (Wildman–Crippen MR) is 58.9 cm³/mol. The predicted octanol–water partition coefficient (Wildman–Crippen LogP) is 1.88. The quantitative estimate of drug-likeness (QED) is 0.666. The molecule has 2 N–H and O–H groups in total. The minimum atomic E-state index is 0.00184. The van der Waals surface area contributed by atoms with Gasteiger partial charge in [-0.3, -0.25) is 0 Å². The summed E-state index contributed by atoms with van der Waals surface area (Å²) in [5, 5.41) is 0. The number of thiol groups is 1. The van der Waals surface area contributed by atoms with Gasteiger partial charge in [0, 0.05) is 11.4 Å². The van der Waals surface area contributed by atoms with Crippen LogP contribution in [-0.2, 0) is 4.74 Å². The van der Waals surface area contributed by atoms with Crippen LogP contribution in [0.4, 0.5) is 0 Å². The molecule has 0 aromatic rings. The highest BCUT2D eigenvalue weighted by molar-refractivity contribution is 7.84. The third kappa shape index (κ3) is 2.36. The summed E-state index contributed by atoms with van der Waals surface area (Å²) in [5.74, 6) is 0. The zero-order chi connectivity index (χ0) is 9.84. The lowest BCUT2D eigenvalue weighted by Crippen LogP contribution is -2.29. The molecule has 3 heteroatoms. The van der Waals surface area contributed by atoms with Crippen LogP contribution in [0.5, 0.6) is 0 Å². The summed E-state index contributed by atoms with van der Waals surface area (Å²) in [4.78, 5) is 1.00. The normalized spacial score (nSPS) is 25.2. The lowest BCUT2D eigenvalue weighted by Gasteiger charge is -2.25. The van der Waals surface area contributed by atoms with Gasteiger partial charge in [-0.1, -0.05) is 11.6 Å². The van der Waals surface area contributed by atoms with Gasteiger partial charge in [0.05, 0.1) is 6.61 Å². The third-order valence-electron chi connectivity index (χ3n) is 2.41. The number of hydrogen-bond acceptors (Lipinski definition) is 3. The molecule has 0 radical (unpaired) electrons. The van der Waals surface area contributed by atoms with Crippen molar-refractivity contribution in [2.45, 2.75) is 26.4 Å². The van der Waals surface area contributed by atoms with E-state index < -0.39 is 0 Å². The van der Waals surface area contributed by atoms with Crippen LogP contribution in [0.2, 0.25) is 0 Å². The molecule has 0 unspecified atom stereocenters. The average molecular weight is 199 g/mol. The van der Waals surface area contributed by atoms with Crippen LogP contribution in [0.25, 0.3) is 0 Å². The second-order valence-electron chi connectivity index (χ2n) is 3.18. The Labute approximate surface area is 85.2 Å². The fourth-order valence-corrected chi connectivity index (χ4v) is 1.93. The van der Waals surface area contributed by atoms with Crippen LogP contribution in [0, 0.1) is 0 Å². The van der Waals surface area contributed by atoms with E-state index in [1.807, 2.05) is 6.92 Å². The van der Waals surface area contributed by atoms with E-state index >= 15 is 0 Å². The van der Waals surface area contributed by atoms with E-state index in [-0.39, 0.29) is 6.10 Å². The third-order valence-corrected chi connectivity index (χ3v) is 2.97. The van der Waals surface area contributed by atoms with Crippen molar-refractivity contribution in [2.75, 3.05) is 13.2 Å². The molecule has 0 spiro atoms. The van der Waals surface area contributed by atoms with Gasteiger partial charge in [-0.2, -0.15) is 0 Å². The van der Waals surface area contributed by atoms with Crippen molar-refractivity contribution < 1.29 is 4.74 Å². The molecule has 1 aliphatic heterocycles. The lowest BCUT2D eigenvalue weighted by atomic mass is 10.00. The number of hydrogen-bond donors (Lipinski definition) is 2. The topological polar surface area (TPSA) is 35.2 Å². The molecule has 13 heavy (non-hydrogen) atoms. The highest BCUT2D eigenvalue weighted by Crippen LogP contribution is 2.28. The van der Waals surface area contributed by atoms with Crippen molar-refractivity contribution >= 4 is 12.6 Å². The first-order chi connectivity index (χ1) is 6.20. The Balaban J connectivity index is 2.92. The Morgan fingerprint density at radius 3 is 3.00 bits per heavy atom. The van der Waals surface area contributed by atoms with Crippen LogP contribution >= 0.6 is 12.6 Å². The summed E-state index contributed by atoms with van der Waals surface area (Å²) in [6.07, 6.45) is 3.05. The molecule has 1 atom stereocenters. The Bertz CT molecular complexity index is 245. The van der Waals surface area contributed by atoms with Gasteiger partial charge in [0.25, 0.3) is 0 Å². The first kappa shape index (κ1) is 10.8. The molecule has 0 aromatic heterocycles. The maximum atomic E-state index is 5.57. The smallest absolute Gasteiger partial charge is 0.100 e. The van der Waals surface area contributed by atoms with Gasteiger partial charge in [0.2, 0.25) is 0 Å². The van der Waals surface area contributed by atoms with Crippen molar-refractivity contribution in [3.05, 3.63) is 22.1 Å². The molecule has 0 saturated heterocycles. The molecular formula is C10H17NOS. The second-order valence-corrected chi connectivity index (χ2v) is 3.66. The standard InChI is InChI=1S/C10H17NOS/c1-3-7(2)8-4-5-12-9(6-11)10(8)13/h3,9,13H,4-6,11H2,1-2H3/b7-3-/t9-/m0/s1. The SMILES string of the molecule is C/C=C(/C)C1=C(S)[C@H](CN)OCC1. The molecule has 0 aliphatic carbocycles. The van der Waals surface area contributed by atoms with Crippen molar-refractivity contribution in [1.29, 1.82) is 0 Å². The van der Waals surface area contributed by atoms with E-state index in [0.29, 0.717) is 6.54 Å². The zero-order valence-electron chi connectivity index (χ0n) is 8.21. The Hall–Kier alpha value is -0.250. The van der Waals surface area contributed by atoms with E-state index in [4.69, 9.17) is 10.5 Å². The van der Waals surface area contributed by atoms with Gasteiger partial charge in [0.15, 0.2) is 0 Å². The number of ether oxygens (including phenoxy) is 1. The Morgan fingerprint density at radius 2 is 2.46 bits per heavy atom. The first-order valence-corrected chi connectivity index (χ1v) is 5.02. The molecule has 1 aliphatic rings. The largest absolute Gasteiger partial charge is 0.371 e. The molecule has 0 bridgehead atoms. The van der Waals surface area contributed by atoms with Crippen LogP contribution < -0.4 is 5.73 Å². The summed E-state index contributed by atoms with van der Waals surface area (Å²) < 4.78 is 5.48. The second kappa shape index (κ2) is 4.84. The minimum absolute atomic E-state index is 0.00184. The van der Waals surface area contributed by atoms with Gasteiger partial charge in [0.1, 0.15) is 6.10 Å². The van der Waals surface area contributed by atoms with Gasteiger partial charge in [-0.25, -0.2) is 0 Å². The van der Waals surface area contributed by atoms with Gasteiger partial charge in [-0.15, -0.1) is 12.6 Å². The van der Waals surface area contributed by atoms with Crippen LogP contribution in [0.3, 0.4) is 0 Å². The summed E-state index contributed by atoms with van der Waals surface area (Å²) in [6.45, 7) is 5.41. The zero-order valence-corrected chi connectivity index (χ0v) is 9.10. The van der Waals surface area contributed by atoms with E-state index in [9.17, 15) is 0 Å². The highest BCUT2D eigenvalue weighted by Gasteiger charge is 2.20. The monoisotopic (exact) mass is 199 g/mol. The van der Waals surface area contributed by atoms with E-state index in [2.05, 4.69) is 25.6 Å². The van der Waals surface area contributed by atoms with Crippen LogP contribution in [0.15, 0.2) is 22.1 Å². The maximum Gasteiger partial charge on any atom is 0.100 e. The van der Waals surface area contributed by atoms with E-state index in [1.165, 1.54) is 11.1 Å². The summed E-state index contributed by atoms with van der Waals surface area (Å²) >= 11 is 4.46. The summed E-state index contributed by atoms with van der Waals surface area (Å²) in [7, 11) is 0. The molecule has 0 amide bonds. The molecular weight excluding hydrogens is 182 g/mol.